The van der Waals surface area contributed by atoms with Crippen molar-refractivity contribution in [2.24, 2.45) is 11.5 Å². The summed E-state index contributed by atoms with van der Waals surface area (Å²) in [6, 6.07) is -0.241. The average Bonchev–Trinajstić information content (AvgIpc) is 2.32. The Kier molecular flexibility index (Phi) is 8.82. The van der Waals surface area contributed by atoms with Crippen molar-refractivity contribution in [3.63, 3.8) is 0 Å². The van der Waals surface area contributed by atoms with Crippen LogP contribution in [0.2, 0.25) is 0 Å². The van der Waals surface area contributed by atoms with Crippen molar-refractivity contribution < 1.29 is 4.74 Å². The predicted octanol–water partition coefficient (Wildman–Crippen LogP) is 3.07. The molecule has 0 heterocycles. The zero-order chi connectivity index (χ0) is 13.3. The number of unbranched alkanes of at least 4 members (excludes halogenated alkanes) is 2. The molecule has 0 amide bonds. The summed E-state index contributed by atoms with van der Waals surface area (Å²) in [5.41, 5.74) is 11.9. The van der Waals surface area contributed by atoms with Gasteiger partial charge in [-0.05, 0) is 12.8 Å². The fraction of sp³-hybridized carbons (Fsp3) is 0.714. The minimum Gasteiger partial charge on any atom is -0.464 e. The van der Waals surface area contributed by atoms with Crippen LogP contribution in [0.1, 0.15) is 52.4 Å². The Morgan fingerprint density at radius 3 is 1.59 bits per heavy atom. The van der Waals surface area contributed by atoms with E-state index >= 15 is 0 Å². The van der Waals surface area contributed by atoms with Gasteiger partial charge in [0.05, 0.1) is 12.1 Å². The number of hydrogen-bond acceptors (Lipinski definition) is 3. The fourth-order valence-electron chi connectivity index (χ4n) is 1.49. The molecule has 0 aliphatic rings. The summed E-state index contributed by atoms with van der Waals surface area (Å²) in [6.45, 7) is 12.0. The lowest BCUT2D eigenvalue weighted by molar-refractivity contribution is 0.249. The van der Waals surface area contributed by atoms with Crippen LogP contribution in [-0.4, -0.2) is 12.1 Å². The van der Waals surface area contributed by atoms with Crippen molar-refractivity contribution in [2.75, 3.05) is 0 Å². The first kappa shape index (κ1) is 16.2. The van der Waals surface area contributed by atoms with E-state index in [1.807, 2.05) is 0 Å². The van der Waals surface area contributed by atoms with Crippen molar-refractivity contribution in [3.05, 3.63) is 24.7 Å². The second kappa shape index (κ2) is 9.25. The Balaban J connectivity index is 3.97. The lowest BCUT2D eigenvalue weighted by atomic mass is 10.1. The molecule has 0 saturated carbocycles. The van der Waals surface area contributed by atoms with Crippen LogP contribution >= 0.6 is 0 Å². The van der Waals surface area contributed by atoms with Gasteiger partial charge in [-0.15, -0.1) is 0 Å². The van der Waals surface area contributed by atoms with E-state index in [0.29, 0.717) is 11.5 Å². The number of rotatable bonds is 10. The number of hydrogen-bond donors (Lipinski definition) is 2. The van der Waals surface area contributed by atoms with Gasteiger partial charge in [0.1, 0.15) is 11.5 Å². The summed E-state index contributed by atoms with van der Waals surface area (Å²) in [6.07, 6.45) is 6.20. The fourth-order valence-corrected chi connectivity index (χ4v) is 1.49. The predicted molar refractivity (Wildman–Crippen MR) is 74.4 cm³/mol. The lowest BCUT2D eigenvalue weighted by Gasteiger charge is -2.20. The summed E-state index contributed by atoms with van der Waals surface area (Å²) in [7, 11) is 0. The van der Waals surface area contributed by atoms with Crippen LogP contribution in [0.15, 0.2) is 24.7 Å². The molecular weight excluding hydrogens is 212 g/mol. The van der Waals surface area contributed by atoms with Gasteiger partial charge in [0.2, 0.25) is 0 Å². The van der Waals surface area contributed by atoms with Crippen molar-refractivity contribution in [1.29, 1.82) is 0 Å². The van der Waals surface area contributed by atoms with Gasteiger partial charge >= 0.3 is 0 Å². The Labute approximate surface area is 106 Å². The van der Waals surface area contributed by atoms with E-state index in [1.54, 1.807) is 0 Å². The van der Waals surface area contributed by atoms with Crippen molar-refractivity contribution >= 4 is 0 Å². The molecule has 4 N–H and O–H groups in total. The number of ether oxygens (including phenoxy) is 1. The standard InChI is InChI=1S/C14H28N2O/c1-5-7-9-13(15)11(3)17-12(4)14(16)10-8-6-2/h13-14H,3-10,15-16H2,1-2H3. The third kappa shape index (κ3) is 7.18. The largest absolute Gasteiger partial charge is 0.464 e. The monoisotopic (exact) mass is 240 g/mol. The van der Waals surface area contributed by atoms with Gasteiger partial charge in [0, 0.05) is 0 Å². The lowest BCUT2D eigenvalue weighted by Crippen LogP contribution is -2.28. The van der Waals surface area contributed by atoms with E-state index in [9.17, 15) is 0 Å². The van der Waals surface area contributed by atoms with Crippen molar-refractivity contribution in [2.45, 2.75) is 64.5 Å². The minimum absolute atomic E-state index is 0.120. The van der Waals surface area contributed by atoms with Crippen LogP contribution in [0, 0.1) is 0 Å². The normalized spacial score (nSPS) is 14.1. The zero-order valence-electron chi connectivity index (χ0n) is 11.4. The van der Waals surface area contributed by atoms with Crippen molar-refractivity contribution in [3.8, 4) is 0 Å². The molecule has 0 spiro atoms. The van der Waals surface area contributed by atoms with Crippen LogP contribution < -0.4 is 11.5 Å². The van der Waals surface area contributed by atoms with E-state index in [2.05, 4.69) is 27.0 Å². The maximum atomic E-state index is 5.95. The van der Waals surface area contributed by atoms with E-state index in [0.717, 1.165) is 38.5 Å². The van der Waals surface area contributed by atoms with Gasteiger partial charge in [0.15, 0.2) is 0 Å². The van der Waals surface area contributed by atoms with Gasteiger partial charge in [0.25, 0.3) is 0 Å². The molecule has 0 saturated heterocycles. The molecule has 0 rings (SSSR count). The van der Waals surface area contributed by atoms with E-state index in [4.69, 9.17) is 16.2 Å². The molecule has 0 aromatic carbocycles. The average molecular weight is 240 g/mol. The van der Waals surface area contributed by atoms with Crippen LogP contribution in [0.3, 0.4) is 0 Å². The molecule has 0 bridgehead atoms. The molecule has 0 fully saturated rings. The van der Waals surface area contributed by atoms with Gasteiger partial charge < -0.3 is 16.2 Å². The molecule has 0 aliphatic heterocycles. The molecule has 3 nitrogen and oxygen atoms in total. The van der Waals surface area contributed by atoms with Gasteiger partial charge in [-0.1, -0.05) is 52.7 Å². The third-order valence-electron chi connectivity index (χ3n) is 2.83. The molecule has 2 unspecified atom stereocenters. The highest BCUT2D eigenvalue weighted by molar-refractivity contribution is 5.04. The van der Waals surface area contributed by atoms with Gasteiger partial charge in [-0.3, -0.25) is 0 Å². The van der Waals surface area contributed by atoms with Crippen LogP contribution in [-0.2, 0) is 4.74 Å². The highest BCUT2D eigenvalue weighted by atomic mass is 16.5. The van der Waals surface area contributed by atoms with E-state index in [1.165, 1.54) is 0 Å². The Hall–Kier alpha value is -0.800. The summed E-state index contributed by atoms with van der Waals surface area (Å²) in [4.78, 5) is 0. The number of nitrogens with two attached hydrogens (primary N) is 2. The summed E-state index contributed by atoms with van der Waals surface area (Å²) < 4.78 is 5.53. The Bertz CT molecular complexity index is 214. The molecule has 0 aromatic rings. The first-order valence-corrected chi connectivity index (χ1v) is 6.59. The molecular formula is C14H28N2O. The van der Waals surface area contributed by atoms with E-state index in [-0.39, 0.29) is 12.1 Å². The molecule has 17 heavy (non-hydrogen) atoms. The summed E-state index contributed by atoms with van der Waals surface area (Å²) in [5.74, 6) is 1.16. The third-order valence-corrected chi connectivity index (χ3v) is 2.83. The SMILES string of the molecule is C=C(OC(=C)C(N)CCCC)C(N)CCCC. The maximum Gasteiger partial charge on any atom is 0.113 e. The maximum absolute atomic E-state index is 5.95. The zero-order valence-corrected chi connectivity index (χ0v) is 11.4. The second-order valence-electron chi connectivity index (χ2n) is 4.53. The van der Waals surface area contributed by atoms with Gasteiger partial charge in [-0.2, -0.15) is 0 Å². The highest BCUT2D eigenvalue weighted by Crippen LogP contribution is 2.15. The second-order valence-corrected chi connectivity index (χ2v) is 4.53. The molecule has 0 aliphatic carbocycles. The Morgan fingerprint density at radius 2 is 1.29 bits per heavy atom. The molecule has 100 valence electrons. The first-order chi connectivity index (χ1) is 8.02. The molecule has 3 heteroatoms. The first-order valence-electron chi connectivity index (χ1n) is 6.59. The minimum atomic E-state index is -0.120. The molecule has 2 atom stereocenters. The topological polar surface area (TPSA) is 61.3 Å². The summed E-state index contributed by atoms with van der Waals surface area (Å²) >= 11 is 0. The molecule has 0 radical (unpaired) electrons. The quantitative estimate of drug-likeness (QED) is 0.577. The van der Waals surface area contributed by atoms with Crippen molar-refractivity contribution in [1.82, 2.24) is 0 Å². The van der Waals surface area contributed by atoms with Gasteiger partial charge in [-0.25, -0.2) is 0 Å². The highest BCUT2D eigenvalue weighted by Gasteiger charge is 2.13. The van der Waals surface area contributed by atoms with Crippen LogP contribution in [0.5, 0.6) is 0 Å². The smallest absolute Gasteiger partial charge is 0.113 e. The van der Waals surface area contributed by atoms with Crippen LogP contribution in [0.4, 0.5) is 0 Å². The molecule has 0 aromatic heterocycles. The van der Waals surface area contributed by atoms with E-state index < -0.39 is 0 Å². The Morgan fingerprint density at radius 1 is 0.941 bits per heavy atom. The summed E-state index contributed by atoms with van der Waals surface area (Å²) in [5, 5.41) is 0. The van der Waals surface area contributed by atoms with Crippen LogP contribution in [0.25, 0.3) is 0 Å².